The summed E-state index contributed by atoms with van der Waals surface area (Å²) in [6.07, 6.45) is 1.62. The molecule has 4 rings (SSSR count). The largest absolute Gasteiger partial charge is 0.507 e. The number of likely N-dealkylation sites (N-methyl/N-ethyl adjacent to an activating group) is 1. The Labute approximate surface area is 180 Å². The summed E-state index contributed by atoms with van der Waals surface area (Å²) in [4.78, 5) is 17.9. The first-order chi connectivity index (χ1) is 15.1. The second-order valence-corrected chi connectivity index (χ2v) is 7.25. The molecule has 158 valence electrons. The van der Waals surface area contributed by atoms with Gasteiger partial charge in [0, 0.05) is 37.9 Å². The molecule has 1 aliphatic rings. The SMILES string of the molecule is COc1nc(Nc2nccc(-c3ccc(O)c(C#N)c3)n2)ccc1N1CCN(C)CC1. The fourth-order valence-corrected chi connectivity index (χ4v) is 3.42. The molecule has 9 nitrogen and oxygen atoms in total. The molecule has 1 aromatic carbocycles. The summed E-state index contributed by atoms with van der Waals surface area (Å²) in [5, 5.41) is 22.0. The Kier molecular flexibility index (Phi) is 5.82. The Hall–Kier alpha value is -3.90. The summed E-state index contributed by atoms with van der Waals surface area (Å²) in [5.74, 6) is 1.42. The fourth-order valence-electron chi connectivity index (χ4n) is 3.42. The van der Waals surface area contributed by atoms with Gasteiger partial charge in [-0.25, -0.2) is 9.97 Å². The number of pyridine rings is 1. The smallest absolute Gasteiger partial charge is 0.239 e. The lowest BCUT2D eigenvalue weighted by Crippen LogP contribution is -2.44. The number of hydrogen-bond donors (Lipinski definition) is 2. The van der Waals surface area contributed by atoms with Gasteiger partial charge in [-0.15, -0.1) is 0 Å². The monoisotopic (exact) mass is 417 g/mol. The highest BCUT2D eigenvalue weighted by atomic mass is 16.5. The summed E-state index contributed by atoms with van der Waals surface area (Å²) >= 11 is 0. The van der Waals surface area contributed by atoms with Gasteiger partial charge in [0.2, 0.25) is 11.8 Å². The van der Waals surface area contributed by atoms with E-state index >= 15 is 0 Å². The van der Waals surface area contributed by atoms with Crippen molar-refractivity contribution in [3.05, 3.63) is 48.2 Å². The van der Waals surface area contributed by atoms with Crippen LogP contribution in [0.4, 0.5) is 17.5 Å². The van der Waals surface area contributed by atoms with Crippen molar-refractivity contribution in [1.29, 1.82) is 5.26 Å². The van der Waals surface area contributed by atoms with Gasteiger partial charge < -0.3 is 25.0 Å². The number of piperazine rings is 1. The van der Waals surface area contributed by atoms with Crippen molar-refractivity contribution in [3.63, 3.8) is 0 Å². The minimum atomic E-state index is -0.0598. The van der Waals surface area contributed by atoms with Crippen LogP contribution in [0.2, 0.25) is 0 Å². The zero-order valence-electron chi connectivity index (χ0n) is 17.4. The molecule has 31 heavy (non-hydrogen) atoms. The first-order valence-corrected chi connectivity index (χ1v) is 9.89. The van der Waals surface area contributed by atoms with Gasteiger partial charge in [-0.2, -0.15) is 10.2 Å². The van der Waals surface area contributed by atoms with Crippen LogP contribution >= 0.6 is 0 Å². The molecule has 0 amide bonds. The van der Waals surface area contributed by atoms with Gasteiger partial charge in [0.05, 0.1) is 18.4 Å². The lowest BCUT2D eigenvalue weighted by atomic mass is 10.1. The van der Waals surface area contributed by atoms with E-state index < -0.39 is 0 Å². The standard InChI is InChI=1S/C22H23N7O2/c1-28-9-11-29(12-10-28)18-4-6-20(26-21(18)31-2)27-22-24-8-7-17(25-22)15-3-5-19(30)16(13-15)14-23/h3-8,13,30H,9-12H2,1-2H3,(H,24,25,26,27). The second kappa shape index (κ2) is 8.85. The average Bonchev–Trinajstić information content (AvgIpc) is 2.80. The minimum Gasteiger partial charge on any atom is -0.507 e. The van der Waals surface area contributed by atoms with Crippen LogP contribution < -0.4 is 15.0 Å². The summed E-state index contributed by atoms with van der Waals surface area (Å²) in [6.45, 7) is 3.83. The lowest BCUT2D eigenvalue weighted by Gasteiger charge is -2.34. The number of nitriles is 1. The first kappa shape index (κ1) is 20.4. The third-order valence-electron chi connectivity index (χ3n) is 5.19. The Morgan fingerprint density at radius 1 is 1.10 bits per heavy atom. The predicted octanol–water partition coefficient (Wildman–Crippen LogP) is 2.62. The Morgan fingerprint density at radius 2 is 1.90 bits per heavy atom. The zero-order valence-corrected chi connectivity index (χ0v) is 17.4. The molecule has 0 aliphatic carbocycles. The summed E-state index contributed by atoms with van der Waals surface area (Å²) in [6, 6.07) is 12.3. The quantitative estimate of drug-likeness (QED) is 0.647. The molecule has 1 saturated heterocycles. The molecular formula is C22H23N7O2. The van der Waals surface area contributed by atoms with Gasteiger partial charge >= 0.3 is 0 Å². The van der Waals surface area contributed by atoms with E-state index in [4.69, 9.17) is 10.00 Å². The first-order valence-electron chi connectivity index (χ1n) is 9.89. The van der Waals surface area contributed by atoms with Gasteiger partial charge in [-0.3, -0.25) is 0 Å². The molecule has 2 N–H and O–H groups in total. The van der Waals surface area contributed by atoms with Crippen LogP contribution in [-0.4, -0.2) is 65.3 Å². The van der Waals surface area contributed by atoms with E-state index in [9.17, 15) is 5.11 Å². The summed E-state index contributed by atoms with van der Waals surface area (Å²) < 4.78 is 5.53. The van der Waals surface area contributed by atoms with E-state index in [1.807, 2.05) is 18.2 Å². The van der Waals surface area contributed by atoms with Gasteiger partial charge in [-0.1, -0.05) is 0 Å². The molecule has 3 heterocycles. The highest BCUT2D eigenvalue weighted by Gasteiger charge is 2.19. The second-order valence-electron chi connectivity index (χ2n) is 7.25. The highest BCUT2D eigenvalue weighted by molar-refractivity contribution is 5.66. The molecule has 0 unspecified atom stereocenters. The fraction of sp³-hybridized carbons (Fsp3) is 0.273. The third kappa shape index (κ3) is 4.49. The number of phenolic OH excluding ortho intramolecular Hbond substituents is 1. The molecule has 2 aromatic heterocycles. The number of nitrogens with zero attached hydrogens (tertiary/aromatic N) is 6. The normalized spacial score (nSPS) is 14.2. The molecule has 9 heteroatoms. The van der Waals surface area contributed by atoms with E-state index in [-0.39, 0.29) is 11.3 Å². The maximum Gasteiger partial charge on any atom is 0.239 e. The van der Waals surface area contributed by atoms with E-state index in [0.29, 0.717) is 28.9 Å². The van der Waals surface area contributed by atoms with Crippen molar-refractivity contribution in [2.75, 3.05) is 50.6 Å². The van der Waals surface area contributed by atoms with Crippen molar-refractivity contribution in [2.45, 2.75) is 0 Å². The molecule has 0 spiro atoms. The maximum atomic E-state index is 9.72. The number of anilines is 3. The molecule has 0 atom stereocenters. The number of rotatable bonds is 5. The van der Waals surface area contributed by atoms with Crippen LogP contribution in [0.5, 0.6) is 11.6 Å². The maximum absolute atomic E-state index is 9.72. The molecule has 0 saturated carbocycles. The average molecular weight is 417 g/mol. The van der Waals surface area contributed by atoms with Gasteiger partial charge in [0.15, 0.2) is 0 Å². The van der Waals surface area contributed by atoms with Crippen molar-refractivity contribution >= 4 is 17.5 Å². The number of aromatic hydroxyl groups is 1. The molecule has 1 aliphatic heterocycles. The Balaban J connectivity index is 1.56. The van der Waals surface area contributed by atoms with Crippen LogP contribution in [0.25, 0.3) is 11.3 Å². The number of ether oxygens (including phenoxy) is 1. The molecule has 0 bridgehead atoms. The number of aromatic nitrogens is 3. The molecule has 1 fully saturated rings. The van der Waals surface area contributed by atoms with Crippen LogP contribution in [-0.2, 0) is 0 Å². The number of phenols is 1. The highest BCUT2D eigenvalue weighted by Crippen LogP contribution is 2.30. The third-order valence-corrected chi connectivity index (χ3v) is 5.19. The van der Waals surface area contributed by atoms with Crippen LogP contribution in [0, 0.1) is 11.3 Å². The number of methoxy groups -OCH3 is 1. The van der Waals surface area contributed by atoms with Crippen molar-refractivity contribution in [1.82, 2.24) is 19.9 Å². The zero-order chi connectivity index (χ0) is 21.8. The van der Waals surface area contributed by atoms with Crippen LogP contribution in [0.3, 0.4) is 0 Å². The summed E-state index contributed by atoms with van der Waals surface area (Å²) in [5.41, 5.74) is 2.48. The summed E-state index contributed by atoms with van der Waals surface area (Å²) in [7, 11) is 3.73. The van der Waals surface area contributed by atoms with Gasteiger partial charge in [-0.05, 0) is 43.4 Å². The van der Waals surface area contributed by atoms with Crippen molar-refractivity contribution < 1.29 is 9.84 Å². The van der Waals surface area contributed by atoms with Gasteiger partial charge in [0.25, 0.3) is 0 Å². The van der Waals surface area contributed by atoms with Crippen LogP contribution in [0.15, 0.2) is 42.6 Å². The van der Waals surface area contributed by atoms with E-state index in [2.05, 4.69) is 37.1 Å². The van der Waals surface area contributed by atoms with Gasteiger partial charge in [0.1, 0.15) is 23.3 Å². The predicted molar refractivity (Wildman–Crippen MR) is 118 cm³/mol. The topological polar surface area (TPSA) is 110 Å². The van der Waals surface area contributed by atoms with Crippen molar-refractivity contribution in [3.8, 4) is 29.0 Å². The molecule has 0 radical (unpaired) electrons. The number of nitrogens with one attached hydrogen (secondary N) is 1. The Bertz CT molecular complexity index is 1120. The lowest BCUT2D eigenvalue weighted by molar-refractivity contribution is 0.310. The van der Waals surface area contributed by atoms with Crippen LogP contribution in [0.1, 0.15) is 5.56 Å². The van der Waals surface area contributed by atoms with E-state index in [1.54, 1.807) is 31.5 Å². The Morgan fingerprint density at radius 3 is 2.65 bits per heavy atom. The number of benzene rings is 1. The van der Waals surface area contributed by atoms with Crippen molar-refractivity contribution in [2.24, 2.45) is 0 Å². The molecule has 3 aromatic rings. The van der Waals surface area contributed by atoms with E-state index in [1.165, 1.54) is 6.07 Å². The number of hydrogen-bond acceptors (Lipinski definition) is 9. The van der Waals surface area contributed by atoms with E-state index in [0.717, 1.165) is 31.9 Å². The molecular weight excluding hydrogens is 394 g/mol. The minimum absolute atomic E-state index is 0.0598.